The van der Waals surface area contributed by atoms with E-state index in [1.165, 1.54) is 6.07 Å². The van der Waals surface area contributed by atoms with Gasteiger partial charge in [0.25, 0.3) is 0 Å². The summed E-state index contributed by atoms with van der Waals surface area (Å²) in [7, 11) is 0. The van der Waals surface area contributed by atoms with Crippen molar-refractivity contribution >= 4 is 23.0 Å². The van der Waals surface area contributed by atoms with Crippen LogP contribution < -0.4 is 5.32 Å². The summed E-state index contributed by atoms with van der Waals surface area (Å²) in [6, 6.07) is 5.09. The maximum atomic E-state index is 11.0. The van der Waals surface area contributed by atoms with E-state index in [1.807, 2.05) is 0 Å². The first-order valence-electron chi connectivity index (χ1n) is 6.00. The van der Waals surface area contributed by atoms with Crippen molar-refractivity contribution in [1.82, 2.24) is 0 Å². The zero-order valence-electron chi connectivity index (χ0n) is 9.64. The lowest BCUT2D eigenvalue weighted by molar-refractivity contribution is -0.383. The summed E-state index contributed by atoms with van der Waals surface area (Å²) in [5, 5.41) is 14.4. The highest BCUT2D eigenvalue weighted by atomic mass is 35.5. The van der Waals surface area contributed by atoms with Gasteiger partial charge in [-0.15, -0.1) is 0 Å². The largest absolute Gasteiger partial charge is 0.374 e. The average Bonchev–Trinajstić information content (AvgIpc) is 2.90. The van der Waals surface area contributed by atoms with Crippen LogP contribution in [0.25, 0.3) is 0 Å². The van der Waals surface area contributed by atoms with Crippen LogP contribution in [0, 0.1) is 10.1 Å². The fourth-order valence-electron chi connectivity index (χ4n) is 2.81. The summed E-state index contributed by atoms with van der Waals surface area (Å²) in [5.74, 6) is 0. The molecule has 2 heterocycles. The van der Waals surface area contributed by atoms with Crippen molar-refractivity contribution in [3.8, 4) is 0 Å². The van der Waals surface area contributed by atoms with Crippen LogP contribution in [0.3, 0.4) is 0 Å². The molecule has 3 atom stereocenters. The van der Waals surface area contributed by atoms with Gasteiger partial charge in [0.15, 0.2) is 0 Å². The van der Waals surface area contributed by atoms with E-state index in [2.05, 4.69) is 5.32 Å². The molecule has 6 heteroatoms. The number of hydrogen-bond acceptors (Lipinski definition) is 4. The number of halogens is 1. The van der Waals surface area contributed by atoms with Crippen LogP contribution in [0.15, 0.2) is 18.2 Å². The van der Waals surface area contributed by atoms with E-state index in [-0.39, 0.29) is 22.9 Å². The minimum Gasteiger partial charge on any atom is -0.374 e. The van der Waals surface area contributed by atoms with Gasteiger partial charge in [0.05, 0.1) is 23.2 Å². The van der Waals surface area contributed by atoms with Gasteiger partial charge in [0.1, 0.15) is 10.7 Å². The molecule has 1 aromatic carbocycles. The number of ether oxygens (including phenoxy) is 1. The molecule has 18 heavy (non-hydrogen) atoms. The van der Waals surface area contributed by atoms with Crippen LogP contribution in [0.1, 0.15) is 19.3 Å². The van der Waals surface area contributed by atoms with Crippen LogP contribution in [0.5, 0.6) is 0 Å². The zero-order chi connectivity index (χ0) is 12.7. The number of anilines is 1. The van der Waals surface area contributed by atoms with E-state index >= 15 is 0 Å². The molecule has 0 aromatic heterocycles. The number of nitrogens with zero attached hydrogens (tertiary/aromatic N) is 1. The topological polar surface area (TPSA) is 64.4 Å². The van der Waals surface area contributed by atoms with Crippen LogP contribution in [0.4, 0.5) is 11.4 Å². The predicted octanol–water partition coefficient (Wildman–Crippen LogP) is 2.98. The lowest BCUT2D eigenvalue weighted by atomic mass is 9.95. The molecule has 2 bridgehead atoms. The monoisotopic (exact) mass is 268 g/mol. The Bertz CT molecular complexity index is 494. The number of para-hydroxylation sites is 1. The number of rotatable bonds is 3. The van der Waals surface area contributed by atoms with Gasteiger partial charge in [0, 0.05) is 0 Å². The molecule has 2 aliphatic heterocycles. The standard InChI is InChI=1S/C12H13ClN2O3/c13-8-2-1-3-9(12(8)15(16)17)14-10-6-7-4-5-11(10)18-7/h1-3,7,10-11,14H,4-6H2. The lowest BCUT2D eigenvalue weighted by Gasteiger charge is -2.21. The van der Waals surface area contributed by atoms with Crippen LogP contribution >= 0.6 is 11.6 Å². The van der Waals surface area contributed by atoms with Gasteiger partial charge in [-0.05, 0) is 31.4 Å². The molecule has 0 spiro atoms. The summed E-state index contributed by atoms with van der Waals surface area (Å²) in [5.41, 5.74) is 0.426. The minimum absolute atomic E-state index is 0.0538. The molecule has 1 aromatic rings. The quantitative estimate of drug-likeness (QED) is 0.676. The fraction of sp³-hybridized carbons (Fsp3) is 0.500. The first kappa shape index (κ1) is 11.7. The Kier molecular flexibility index (Phi) is 2.87. The summed E-state index contributed by atoms with van der Waals surface area (Å²) < 4.78 is 5.72. The molecule has 3 rings (SSSR count). The summed E-state index contributed by atoms with van der Waals surface area (Å²) in [4.78, 5) is 10.6. The second-order valence-electron chi connectivity index (χ2n) is 4.75. The van der Waals surface area contributed by atoms with Crippen molar-refractivity contribution in [2.75, 3.05) is 5.32 Å². The van der Waals surface area contributed by atoms with Crippen molar-refractivity contribution in [3.63, 3.8) is 0 Å². The Morgan fingerprint density at radius 2 is 2.28 bits per heavy atom. The number of benzene rings is 1. The third kappa shape index (κ3) is 1.93. The molecule has 5 nitrogen and oxygen atoms in total. The second kappa shape index (κ2) is 4.40. The number of nitro groups is 1. The molecule has 0 amide bonds. The Morgan fingerprint density at radius 3 is 2.89 bits per heavy atom. The van der Waals surface area contributed by atoms with Gasteiger partial charge < -0.3 is 10.1 Å². The fourth-order valence-corrected chi connectivity index (χ4v) is 3.05. The Balaban J connectivity index is 1.84. The molecule has 2 aliphatic rings. The Hall–Kier alpha value is -1.33. The smallest absolute Gasteiger partial charge is 0.310 e. The highest BCUT2D eigenvalue weighted by Crippen LogP contribution is 2.39. The summed E-state index contributed by atoms with van der Waals surface area (Å²) in [6.45, 7) is 0. The first-order chi connectivity index (χ1) is 8.65. The molecule has 0 radical (unpaired) electrons. The summed E-state index contributed by atoms with van der Waals surface area (Å²) >= 11 is 5.88. The molecule has 96 valence electrons. The van der Waals surface area contributed by atoms with E-state index in [0.29, 0.717) is 11.8 Å². The van der Waals surface area contributed by atoms with Crippen LogP contribution in [0.2, 0.25) is 5.02 Å². The van der Waals surface area contributed by atoms with E-state index in [0.717, 1.165) is 19.3 Å². The molecule has 0 aliphatic carbocycles. The summed E-state index contributed by atoms with van der Waals surface area (Å²) in [6.07, 6.45) is 3.52. The minimum atomic E-state index is -0.446. The highest BCUT2D eigenvalue weighted by molar-refractivity contribution is 6.33. The maximum absolute atomic E-state index is 11.0. The van der Waals surface area contributed by atoms with Crippen molar-refractivity contribution < 1.29 is 9.66 Å². The first-order valence-corrected chi connectivity index (χ1v) is 6.38. The number of hydrogen-bond donors (Lipinski definition) is 1. The molecular weight excluding hydrogens is 256 g/mol. The Morgan fingerprint density at radius 1 is 1.44 bits per heavy atom. The van der Waals surface area contributed by atoms with Gasteiger partial charge in [-0.2, -0.15) is 0 Å². The molecular formula is C12H13ClN2O3. The molecule has 3 unspecified atom stereocenters. The second-order valence-corrected chi connectivity index (χ2v) is 5.16. The van der Waals surface area contributed by atoms with Crippen molar-refractivity contribution in [2.45, 2.75) is 37.5 Å². The average molecular weight is 269 g/mol. The van der Waals surface area contributed by atoms with Crippen molar-refractivity contribution in [1.29, 1.82) is 0 Å². The SMILES string of the molecule is O=[N+]([O-])c1c(Cl)cccc1NC1CC2CCC1O2. The normalized spacial score (nSPS) is 29.5. The van der Waals surface area contributed by atoms with Gasteiger partial charge >= 0.3 is 5.69 Å². The van der Waals surface area contributed by atoms with Crippen molar-refractivity contribution in [3.05, 3.63) is 33.3 Å². The van der Waals surface area contributed by atoms with E-state index in [4.69, 9.17) is 16.3 Å². The molecule has 2 fully saturated rings. The third-order valence-electron chi connectivity index (χ3n) is 3.62. The number of nitro benzene ring substituents is 1. The number of nitrogens with one attached hydrogen (secondary N) is 1. The highest BCUT2D eigenvalue weighted by Gasteiger charge is 2.41. The lowest BCUT2D eigenvalue weighted by Crippen LogP contribution is -2.30. The molecule has 0 saturated carbocycles. The molecule has 1 N–H and O–H groups in total. The van der Waals surface area contributed by atoms with E-state index < -0.39 is 4.92 Å². The zero-order valence-corrected chi connectivity index (χ0v) is 10.4. The number of fused-ring (bicyclic) bond motifs is 2. The van der Waals surface area contributed by atoms with Crippen molar-refractivity contribution in [2.24, 2.45) is 0 Å². The third-order valence-corrected chi connectivity index (χ3v) is 3.92. The Labute approximate surface area is 109 Å². The van der Waals surface area contributed by atoms with Gasteiger partial charge in [0.2, 0.25) is 0 Å². The van der Waals surface area contributed by atoms with Gasteiger partial charge in [-0.25, -0.2) is 0 Å². The van der Waals surface area contributed by atoms with Crippen LogP contribution in [-0.4, -0.2) is 23.2 Å². The molecule has 2 saturated heterocycles. The van der Waals surface area contributed by atoms with E-state index in [1.54, 1.807) is 12.1 Å². The van der Waals surface area contributed by atoms with Gasteiger partial charge in [-0.1, -0.05) is 17.7 Å². The van der Waals surface area contributed by atoms with E-state index in [9.17, 15) is 10.1 Å². The maximum Gasteiger partial charge on any atom is 0.310 e. The predicted molar refractivity (Wildman–Crippen MR) is 68.0 cm³/mol. The van der Waals surface area contributed by atoms with Gasteiger partial charge in [-0.3, -0.25) is 10.1 Å². The van der Waals surface area contributed by atoms with Crippen LogP contribution in [-0.2, 0) is 4.74 Å².